The van der Waals surface area contributed by atoms with Crippen LogP contribution in [-0.2, 0) is 7.05 Å². The van der Waals surface area contributed by atoms with Crippen LogP contribution in [0.25, 0.3) is 0 Å². The maximum atomic E-state index is 9.65. The zero-order valence-corrected chi connectivity index (χ0v) is 12.0. The number of aromatic nitrogens is 2. The Bertz CT molecular complexity index is 382. The molecule has 1 aliphatic rings. The van der Waals surface area contributed by atoms with E-state index in [1.165, 1.54) is 0 Å². The van der Waals surface area contributed by atoms with Crippen LogP contribution in [0.15, 0.2) is 17.6 Å². The molecule has 1 aromatic heterocycles. The number of aliphatic hydroxyl groups excluding tert-OH is 1. The molecule has 2 N–H and O–H groups in total. The number of nitrogens with one attached hydrogen (secondary N) is 1. The summed E-state index contributed by atoms with van der Waals surface area (Å²) >= 11 is 1.84. The molecule has 2 rings (SSSR count). The molecule has 0 aromatic carbocycles. The summed E-state index contributed by atoms with van der Waals surface area (Å²) in [5.74, 6) is 0. The Balaban J connectivity index is 1.92. The topological polar surface area (TPSA) is 50.1 Å². The van der Waals surface area contributed by atoms with Gasteiger partial charge in [-0.15, -0.1) is 0 Å². The van der Waals surface area contributed by atoms with E-state index in [9.17, 15) is 5.11 Å². The predicted molar refractivity (Wildman–Crippen MR) is 74.8 cm³/mol. The quantitative estimate of drug-likeness (QED) is 0.827. The normalized spacial score (nSPS) is 27.8. The van der Waals surface area contributed by atoms with E-state index in [2.05, 4.69) is 21.8 Å². The van der Waals surface area contributed by atoms with Gasteiger partial charge in [0.2, 0.25) is 0 Å². The molecular weight excluding hydrogens is 246 g/mol. The molecule has 0 saturated heterocycles. The average molecular weight is 269 g/mol. The standard InChI is InChI=1S/C13H23N3OS/c1-3-6-15-13(10-17)5-4-11(9-13)18-12-14-7-8-16(12)2/h7-8,11,15,17H,3-6,9-10H2,1-2H3. The number of nitrogens with zero attached hydrogens (tertiary/aromatic N) is 2. The molecule has 1 aromatic rings. The minimum Gasteiger partial charge on any atom is -0.394 e. The van der Waals surface area contributed by atoms with Crippen molar-refractivity contribution < 1.29 is 5.11 Å². The molecule has 102 valence electrons. The summed E-state index contributed by atoms with van der Waals surface area (Å²) in [7, 11) is 2.03. The number of rotatable bonds is 6. The Morgan fingerprint density at radius 1 is 1.67 bits per heavy atom. The first-order valence-corrected chi connectivity index (χ1v) is 7.57. The lowest BCUT2D eigenvalue weighted by atomic mass is 9.99. The van der Waals surface area contributed by atoms with Crippen LogP contribution in [0.5, 0.6) is 0 Å². The summed E-state index contributed by atoms with van der Waals surface area (Å²) in [6, 6.07) is 0. The average Bonchev–Trinajstić information content (AvgIpc) is 2.96. The molecule has 1 fully saturated rings. The summed E-state index contributed by atoms with van der Waals surface area (Å²) in [5.41, 5.74) is -0.0567. The molecule has 18 heavy (non-hydrogen) atoms. The molecule has 2 atom stereocenters. The monoisotopic (exact) mass is 269 g/mol. The van der Waals surface area contributed by atoms with Gasteiger partial charge >= 0.3 is 0 Å². The van der Waals surface area contributed by atoms with Crippen molar-refractivity contribution >= 4 is 11.8 Å². The van der Waals surface area contributed by atoms with Crippen molar-refractivity contribution in [1.29, 1.82) is 0 Å². The van der Waals surface area contributed by atoms with Crippen molar-refractivity contribution in [3.05, 3.63) is 12.4 Å². The van der Waals surface area contributed by atoms with Gasteiger partial charge in [0.05, 0.1) is 6.61 Å². The molecule has 0 bridgehead atoms. The van der Waals surface area contributed by atoms with Crippen LogP contribution in [0.3, 0.4) is 0 Å². The number of hydrogen-bond donors (Lipinski definition) is 2. The van der Waals surface area contributed by atoms with Gasteiger partial charge in [-0.25, -0.2) is 4.98 Å². The smallest absolute Gasteiger partial charge is 0.167 e. The number of thioether (sulfide) groups is 1. The fourth-order valence-electron chi connectivity index (χ4n) is 2.54. The lowest BCUT2D eigenvalue weighted by molar-refractivity contribution is 0.165. The highest BCUT2D eigenvalue weighted by molar-refractivity contribution is 7.99. The van der Waals surface area contributed by atoms with Gasteiger partial charge in [-0.2, -0.15) is 0 Å². The first kappa shape index (κ1) is 13.9. The summed E-state index contributed by atoms with van der Waals surface area (Å²) in [6.45, 7) is 3.39. The first-order chi connectivity index (χ1) is 8.69. The lowest BCUT2D eigenvalue weighted by Crippen LogP contribution is -2.46. The Kier molecular flexibility index (Phi) is 4.70. The highest BCUT2D eigenvalue weighted by Crippen LogP contribution is 2.39. The maximum absolute atomic E-state index is 9.65. The van der Waals surface area contributed by atoms with Gasteiger partial charge in [-0.05, 0) is 32.2 Å². The molecule has 0 aliphatic heterocycles. The van der Waals surface area contributed by atoms with Crippen molar-refractivity contribution in [3.8, 4) is 0 Å². The molecule has 4 nitrogen and oxygen atoms in total. The van der Waals surface area contributed by atoms with Crippen LogP contribution >= 0.6 is 11.8 Å². The molecule has 1 aliphatic carbocycles. The zero-order valence-electron chi connectivity index (χ0n) is 11.2. The molecular formula is C13H23N3OS. The molecule has 1 heterocycles. The number of hydrogen-bond acceptors (Lipinski definition) is 4. The van der Waals surface area contributed by atoms with Crippen LogP contribution < -0.4 is 5.32 Å². The van der Waals surface area contributed by atoms with Crippen LogP contribution in [0.1, 0.15) is 32.6 Å². The van der Waals surface area contributed by atoms with Crippen molar-refractivity contribution in [2.45, 2.75) is 48.6 Å². The van der Waals surface area contributed by atoms with Crippen LogP contribution in [0.2, 0.25) is 0 Å². The third-order valence-electron chi connectivity index (χ3n) is 3.66. The Morgan fingerprint density at radius 3 is 3.11 bits per heavy atom. The second kappa shape index (κ2) is 6.08. The minimum absolute atomic E-state index is 0.0567. The van der Waals surface area contributed by atoms with E-state index in [-0.39, 0.29) is 12.1 Å². The molecule has 2 unspecified atom stereocenters. The second-order valence-electron chi connectivity index (χ2n) is 5.17. The van der Waals surface area contributed by atoms with Gasteiger partial charge in [-0.3, -0.25) is 0 Å². The van der Waals surface area contributed by atoms with Crippen LogP contribution in [0.4, 0.5) is 0 Å². The predicted octanol–water partition coefficient (Wildman–Crippen LogP) is 1.80. The summed E-state index contributed by atoms with van der Waals surface area (Å²) < 4.78 is 2.06. The minimum atomic E-state index is -0.0567. The molecule has 5 heteroatoms. The van der Waals surface area contributed by atoms with E-state index in [0.29, 0.717) is 5.25 Å². The van der Waals surface area contributed by atoms with Crippen LogP contribution in [-0.4, -0.2) is 38.6 Å². The Hall–Kier alpha value is -0.520. The van der Waals surface area contributed by atoms with Crippen molar-refractivity contribution in [1.82, 2.24) is 14.9 Å². The van der Waals surface area contributed by atoms with E-state index < -0.39 is 0 Å². The number of imidazole rings is 1. The summed E-state index contributed by atoms with van der Waals surface area (Å²) in [4.78, 5) is 4.36. The van der Waals surface area contributed by atoms with Gasteiger partial charge in [0.25, 0.3) is 0 Å². The fraction of sp³-hybridized carbons (Fsp3) is 0.769. The van der Waals surface area contributed by atoms with Gasteiger partial charge in [0, 0.05) is 30.2 Å². The number of aryl methyl sites for hydroxylation is 1. The van der Waals surface area contributed by atoms with E-state index in [1.807, 2.05) is 31.2 Å². The fourth-order valence-corrected chi connectivity index (χ4v) is 3.83. The van der Waals surface area contributed by atoms with E-state index in [4.69, 9.17) is 0 Å². The summed E-state index contributed by atoms with van der Waals surface area (Å²) in [6.07, 6.45) is 8.16. The van der Waals surface area contributed by atoms with Crippen LogP contribution in [0, 0.1) is 0 Å². The van der Waals surface area contributed by atoms with Gasteiger partial charge in [-0.1, -0.05) is 18.7 Å². The highest BCUT2D eigenvalue weighted by Gasteiger charge is 2.38. The van der Waals surface area contributed by atoms with E-state index >= 15 is 0 Å². The third kappa shape index (κ3) is 3.08. The molecule has 0 radical (unpaired) electrons. The Labute approximate surface area is 113 Å². The molecule has 1 saturated carbocycles. The van der Waals surface area contributed by atoms with Gasteiger partial charge in [0.15, 0.2) is 5.16 Å². The van der Waals surface area contributed by atoms with E-state index in [1.54, 1.807) is 0 Å². The molecule has 0 spiro atoms. The first-order valence-electron chi connectivity index (χ1n) is 6.69. The summed E-state index contributed by atoms with van der Waals surface area (Å²) in [5, 5.41) is 14.8. The highest BCUT2D eigenvalue weighted by atomic mass is 32.2. The third-order valence-corrected chi connectivity index (χ3v) is 5.00. The lowest BCUT2D eigenvalue weighted by Gasteiger charge is -2.28. The van der Waals surface area contributed by atoms with Gasteiger partial charge in [0.1, 0.15) is 0 Å². The molecule has 0 amide bonds. The maximum Gasteiger partial charge on any atom is 0.167 e. The van der Waals surface area contributed by atoms with Gasteiger partial charge < -0.3 is 15.0 Å². The second-order valence-corrected chi connectivity index (χ2v) is 6.44. The zero-order chi connectivity index (χ0) is 13.0. The van der Waals surface area contributed by atoms with Crippen molar-refractivity contribution in [2.75, 3.05) is 13.2 Å². The van der Waals surface area contributed by atoms with Crippen molar-refractivity contribution in [3.63, 3.8) is 0 Å². The SMILES string of the molecule is CCCNC1(CO)CCC(Sc2nccn2C)C1. The Morgan fingerprint density at radius 2 is 2.50 bits per heavy atom. The number of aliphatic hydroxyl groups is 1. The largest absolute Gasteiger partial charge is 0.394 e. The van der Waals surface area contributed by atoms with Crippen molar-refractivity contribution in [2.24, 2.45) is 7.05 Å². The van der Waals surface area contributed by atoms with E-state index in [0.717, 1.165) is 37.4 Å².